The molecule has 2 saturated carbocycles. The maximum Gasteiger partial charge on any atom is 0.164 e. The highest BCUT2D eigenvalue weighted by molar-refractivity contribution is 6.33. The maximum atomic E-state index is 13.8. The molecule has 6 nitrogen and oxygen atoms in total. The smallest absolute Gasteiger partial charge is 0.164 e. The number of benzene rings is 2. The molecule has 6 rings (SSSR count). The number of nitrogens with zero attached hydrogens (tertiary/aromatic N) is 4. The topological polar surface area (TPSA) is 75.6 Å². The molecule has 0 radical (unpaired) electrons. The summed E-state index contributed by atoms with van der Waals surface area (Å²) in [6, 6.07) is 15.2. The summed E-state index contributed by atoms with van der Waals surface area (Å²) in [6.45, 7) is 0. The van der Waals surface area contributed by atoms with Gasteiger partial charge in [0.1, 0.15) is 27.5 Å². The molecule has 2 N–H and O–H groups in total. The van der Waals surface area contributed by atoms with Crippen molar-refractivity contribution in [2.24, 2.45) is 0 Å². The summed E-state index contributed by atoms with van der Waals surface area (Å²) in [5.74, 6) is 1.83. The molecule has 0 bridgehead atoms. The van der Waals surface area contributed by atoms with Crippen LogP contribution in [-0.4, -0.2) is 32.0 Å². The van der Waals surface area contributed by atoms with E-state index in [0.29, 0.717) is 50.2 Å². The second-order valence-corrected chi connectivity index (χ2v) is 9.86. The van der Waals surface area contributed by atoms with Crippen LogP contribution in [0.1, 0.15) is 25.7 Å². The summed E-state index contributed by atoms with van der Waals surface area (Å²) >= 11 is 17.8. The zero-order valence-electron chi connectivity index (χ0n) is 19.1. The van der Waals surface area contributed by atoms with Gasteiger partial charge >= 0.3 is 0 Å². The summed E-state index contributed by atoms with van der Waals surface area (Å²) in [4.78, 5) is 17.1. The van der Waals surface area contributed by atoms with Gasteiger partial charge < -0.3 is 10.6 Å². The first kappa shape index (κ1) is 24.7. The van der Waals surface area contributed by atoms with Crippen LogP contribution in [0.15, 0.2) is 60.9 Å². The minimum absolute atomic E-state index is 0.293. The van der Waals surface area contributed by atoms with Crippen molar-refractivity contribution in [1.82, 2.24) is 19.9 Å². The molecule has 2 fully saturated rings. The van der Waals surface area contributed by atoms with Crippen LogP contribution in [0.4, 0.5) is 16.0 Å². The van der Waals surface area contributed by atoms with E-state index in [1.54, 1.807) is 18.3 Å². The molecule has 0 saturated heterocycles. The Kier molecular flexibility index (Phi) is 7.51. The molecular weight excluding hydrogens is 522 g/mol. The van der Waals surface area contributed by atoms with Gasteiger partial charge in [0.2, 0.25) is 0 Å². The van der Waals surface area contributed by atoms with E-state index in [0.717, 1.165) is 24.2 Å². The quantitative estimate of drug-likeness (QED) is 0.262. The highest BCUT2D eigenvalue weighted by Gasteiger charge is 2.24. The van der Waals surface area contributed by atoms with Gasteiger partial charge in [-0.25, -0.2) is 24.3 Å². The monoisotopic (exact) mass is 542 g/mol. The summed E-state index contributed by atoms with van der Waals surface area (Å²) in [5, 5.41) is 7.86. The molecule has 4 aromatic rings. The number of nitrogens with one attached hydrogen (secondary N) is 2. The minimum Gasteiger partial charge on any atom is -0.366 e. The Morgan fingerprint density at radius 2 is 1.28 bits per heavy atom. The number of rotatable bonds is 6. The number of halogens is 4. The zero-order valence-corrected chi connectivity index (χ0v) is 21.3. The average molecular weight is 544 g/mol. The molecule has 0 spiro atoms. The second kappa shape index (κ2) is 10.9. The van der Waals surface area contributed by atoms with Gasteiger partial charge in [0, 0.05) is 22.7 Å². The van der Waals surface area contributed by atoms with E-state index >= 15 is 0 Å². The van der Waals surface area contributed by atoms with E-state index in [2.05, 4.69) is 30.6 Å². The van der Waals surface area contributed by atoms with Gasteiger partial charge in [0.15, 0.2) is 11.6 Å². The van der Waals surface area contributed by atoms with E-state index in [-0.39, 0.29) is 0 Å². The van der Waals surface area contributed by atoms with E-state index in [4.69, 9.17) is 34.8 Å². The molecule has 0 amide bonds. The lowest BCUT2D eigenvalue weighted by molar-refractivity contribution is 0.630. The van der Waals surface area contributed by atoms with Gasteiger partial charge in [-0.2, -0.15) is 0 Å². The summed E-state index contributed by atoms with van der Waals surface area (Å²) < 4.78 is 13.8. The Bertz CT molecular complexity index is 1360. The van der Waals surface area contributed by atoms with Crippen molar-refractivity contribution in [3.8, 4) is 22.8 Å². The molecule has 0 aliphatic heterocycles. The van der Waals surface area contributed by atoms with E-state index < -0.39 is 5.82 Å². The lowest BCUT2D eigenvalue weighted by Crippen LogP contribution is -2.05. The third-order valence-electron chi connectivity index (χ3n) is 5.53. The third-order valence-corrected chi connectivity index (χ3v) is 6.32. The number of aromatic nitrogens is 4. The van der Waals surface area contributed by atoms with Crippen LogP contribution < -0.4 is 10.6 Å². The Balaban J connectivity index is 0.000000149. The van der Waals surface area contributed by atoms with Gasteiger partial charge in [0.25, 0.3) is 0 Å². The van der Waals surface area contributed by atoms with Gasteiger partial charge in [-0.05, 0) is 43.9 Å². The third kappa shape index (κ3) is 6.40. The van der Waals surface area contributed by atoms with Gasteiger partial charge in [-0.1, -0.05) is 65.1 Å². The van der Waals surface area contributed by atoms with Crippen molar-refractivity contribution < 1.29 is 4.39 Å². The molecule has 0 atom stereocenters. The fourth-order valence-corrected chi connectivity index (χ4v) is 3.76. The van der Waals surface area contributed by atoms with Crippen LogP contribution in [0.3, 0.4) is 0 Å². The van der Waals surface area contributed by atoms with Crippen molar-refractivity contribution >= 4 is 46.4 Å². The molecule has 2 aromatic carbocycles. The molecule has 184 valence electrons. The predicted octanol–water partition coefficient (Wildman–Crippen LogP) is 7.54. The first-order chi connectivity index (χ1) is 17.5. The average Bonchev–Trinajstić information content (AvgIpc) is 3.80. The number of hydrogen-bond donors (Lipinski definition) is 2. The highest BCUT2D eigenvalue weighted by atomic mass is 35.5. The van der Waals surface area contributed by atoms with Crippen molar-refractivity contribution in [2.45, 2.75) is 37.8 Å². The number of anilines is 2. The molecular formula is C26H22Cl3FN6. The van der Waals surface area contributed by atoms with E-state index in [1.165, 1.54) is 25.1 Å². The first-order valence-electron chi connectivity index (χ1n) is 11.6. The van der Waals surface area contributed by atoms with E-state index in [9.17, 15) is 4.39 Å². The largest absolute Gasteiger partial charge is 0.366 e. The van der Waals surface area contributed by atoms with E-state index in [1.807, 2.05) is 30.3 Å². The minimum atomic E-state index is -0.452. The zero-order chi connectivity index (χ0) is 25.1. The van der Waals surface area contributed by atoms with Crippen LogP contribution in [0.25, 0.3) is 22.8 Å². The predicted molar refractivity (Wildman–Crippen MR) is 143 cm³/mol. The molecule has 2 aliphatic rings. The molecule has 36 heavy (non-hydrogen) atoms. The van der Waals surface area contributed by atoms with Gasteiger partial charge in [0.05, 0.1) is 18.0 Å². The van der Waals surface area contributed by atoms with Crippen LogP contribution in [0.5, 0.6) is 0 Å². The molecule has 2 aliphatic carbocycles. The second-order valence-electron chi connectivity index (χ2n) is 8.61. The first-order valence-corrected chi connectivity index (χ1v) is 12.7. The fraction of sp³-hybridized carbons (Fsp3) is 0.231. The van der Waals surface area contributed by atoms with Crippen LogP contribution in [0, 0.1) is 5.82 Å². The van der Waals surface area contributed by atoms with Gasteiger partial charge in [-0.3, -0.25) is 0 Å². The van der Waals surface area contributed by atoms with Crippen molar-refractivity contribution in [3.63, 3.8) is 0 Å². The lowest BCUT2D eigenvalue weighted by atomic mass is 10.2. The Morgan fingerprint density at radius 3 is 1.83 bits per heavy atom. The molecule has 2 aromatic heterocycles. The SMILES string of the molecule is Clc1cnc(-c2ccccc2)nc1NC1CC1.Fc1cc(Cl)ccc1-c1ncc(Cl)c(NC2CC2)n1. The maximum absolute atomic E-state index is 13.8. The molecule has 10 heteroatoms. The van der Waals surface area contributed by atoms with Crippen LogP contribution in [0.2, 0.25) is 15.1 Å². The van der Waals surface area contributed by atoms with Crippen molar-refractivity contribution in [1.29, 1.82) is 0 Å². The lowest BCUT2D eigenvalue weighted by Gasteiger charge is -2.08. The molecule has 0 unspecified atom stereocenters. The Labute approximate surface area is 223 Å². The van der Waals surface area contributed by atoms with Gasteiger partial charge in [-0.15, -0.1) is 0 Å². The molecule has 2 heterocycles. The highest BCUT2D eigenvalue weighted by Crippen LogP contribution is 2.31. The standard InChI is InChI=1S/C13H10Cl2FN3.C13H12ClN3/c14-7-1-4-9(11(16)5-7)12-17-6-10(15)13(19-12)18-8-2-3-8;14-11-8-15-12(9-4-2-1-3-5-9)17-13(11)16-10-6-7-10/h1,4-6,8H,2-3H2,(H,17,18,19);1-5,8,10H,6-7H2,(H,15,16,17). The summed E-state index contributed by atoms with van der Waals surface area (Å²) in [7, 11) is 0. The number of hydrogen-bond acceptors (Lipinski definition) is 6. The normalized spacial score (nSPS) is 14.6. The van der Waals surface area contributed by atoms with Crippen molar-refractivity contribution in [2.75, 3.05) is 10.6 Å². The summed E-state index contributed by atoms with van der Waals surface area (Å²) in [5.41, 5.74) is 1.31. The van der Waals surface area contributed by atoms with Crippen LogP contribution in [-0.2, 0) is 0 Å². The Morgan fingerprint density at radius 1 is 0.722 bits per heavy atom. The fourth-order valence-electron chi connectivity index (χ4n) is 3.31. The van der Waals surface area contributed by atoms with Crippen molar-refractivity contribution in [3.05, 3.63) is 81.8 Å². The Hall–Kier alpha value is -3.00. The summed E-state index contributed by atoms with van der Waals surface area (Å²) in [6.07, 6.45) is 7.72. The van der Waals surface area contributed by atoms with Crippen LogP contribution >= 0.6 is 34.8 Å².